The summed E-state index contributed by atoms with van der Waals surface area (Å²) in [6.45, 7) is 4.08. The van der Waals surface area contributed by atoms with E-state index in [1.165, 1.54) is 17.4 Å². The van der Waals surface area contributed by atoms with Crippen molar-refractivity contribution in [1.29, 1.82) is 0 Å². The number of hydrogen-bond donors (Lipinski definition) is 3. The second-order valence-corrected chi connectivity index (χ2v) is 6.08. The molecule has 112 valence electrons. The van der Waals surface area contributed by atoms with Crippen LogP contribution in [-0.4, -0.2) is 16.0 Å². The number of phenolic OH excluding ortho intramolecular Hbond substituents is 1. The molecule has 0 bridgehead atoms. The molecule has 1 aromatic carbocycles. The Balaban J connectivity index is 1.99. The highest BCUT2D eigenvalue weighted by Crippen LogP contribution is 2.24. The summed E-state index contributed by atoms with van der Waals surface area (Å²) in [6, 6.07) is 6.51. The summed E-state index contributed by atoms with van der Waals surface area (Å²) in [5.41, 5.74) is 7.13. The molecule has 1 aromatic heterocycles. The summed E-state index contributed by atoms with van der Waals surface area (Å²) in [7, 11) is 0. The average Bonchev–Trinajstić information content (AvgIpc) is 2.88. The molecule has 1 atom stereocenters. The van der Waals surface area contributed by atoms with Gasteiger partial charge in [-0.25, -0.2) is 4.98 Å². The number of rotatable bonds is 5. The fourth-order valence-electron chi connectivity index (χ4n) is 1.78. The van der Waals surface area contributed by atoms with E-state index in [1.807, 2.05) is 19.2 Å². The minimum absolute atomic E-state index is 0.0478. The van der Waals surface area contributed by atoms with Gasteiger partial charge in [-0.05, 0) is 18.1 Å². The van der Waals surface area contributed by atoms with Crippen LogP contribution in [0.2, 0.25) is 0 Å². The number of aromatic nitrogens is 1. The van der Waals surface area contributed by atoms with Gasteiger partial charge in [0.05, 0.1) is 23.8 Å². The molecule has 0 spiro atoms. The van der Waals surface area contributed by atoms with Crippen molar-refractivity contribution in [3.63, 3.8) is 0 Å². The Morgan fingerprint density at radius 3 is 2.81 bits per heavy atom. The number of benzene rings is 1. The van der Waals surface area contributed by atoms with Gasteiger partial charge in [-0.1, -0.05) is 26.0 Å². The number of anilines is 1. The third kappa shape index (κ3) is 4.03. The lowest BCUT2D eigenvalue weighted by Gasteiger charge is -2.11. The van der Waals surface area contributed by atoms with Crippen LogP contribution in [0.15, 0.2) is 29.6 Å². The molecule has 0 aliphatic heterocycles. The molecule has 1 amide bonds. The fourth-order valence-corrected chi connectivity index (χ4v) is 2.77. The van der Waals surface area contributed by atoms with Gasteiger partial charge < -0.3 is 16.2 Å². The van der Waals surface area contributed by atoms with Crippen LogP contribution >= 0.6 is 11.3 Å². The molecule has 0 aliphatic carbocycles. The van der Waals surface area contributed by atoms with E-state index in [0.29, 0.717) is 17.3 Å². The van der Waals surface area contributed by atoms with Crippen LogP contribution in [0, 0.1) is 5.92 Å². The van der Waals surface area contributed by atoms with E-state index in [2.05, 4.69) is 10.3 Å². The minimum Gasteiger partial charge on any atom is -0.506 e. The first-order chi connectivity index (χ1) is 9.97. The molecule has 0 radical (unpaired) electrons. The lowest BCUT2D eigenvalue weighted by Crippen LogP contribution is -2.17. The van der Waals surface area contributed by atoms with Gasteiger partial charge in [0.25, 0.3) is 0 Å². The zero-order chi connectivity index (χ0) is 15.4. The number of thiazole rings is 1. The van der Waals surface area contributed by atoms with Crippen LogP contribution in [0.25, 0.3) is 0 Å². The first-order valence-corrected chi connectivity index (χ1v) is 7.63. The zero-order valence-corrected chi connectivity index (χ0v) is 12.9. The largest absolute Gasteiger partial charge is 0.506 e. The predicted octanol–water partition coefficient (Wildman–Crippen LogP) is 2.69. The van der Waals surface area contributed by atoms with Gasteiger partial charge in [-0.2, -0.15) is 0 Å². The van der Waals surface area contributed by atoms with Crippen LogP contribution in [0.3, 0.4) is 0 Å². The number of amides is 1. The van der Waals surface area contributed by atoms with Crippen molar-refractivity contribution in [2.75, 3.05) is 5.32 Å². The maximum atomic E-state index is 12.0. The highest BCUT2D eigenvalue weighted by molar-refractivity contribution is 7.09. The maximum absolute atomic E-state index is 12.0. The number of nitrogens with two attached hydrogens (primary N) is 1. The SMILES string of the molecule is CC(C)C(N)c1nc(CC(=O)Nc2ccccc2O)cs1. The highest BCUT2D eigenvalue weighted by atomic mass is 32.1. The Labute approximate surface area is 127 Å². The molecule has 6 heteroatoms. The number of hydrogen-bond acceptors (Lipinski definition) is 5. The van der Waals surface area contributed by atoms with Gasteiger partial charge >= 0.3 is 0 Å². The van der Waals surface area contributed by atoms with Crippen LogP contribution in [0.1, 0.15) is 30.6 Å². The van der Waals surface area contributed by atoms with Crippen molar-refractivity contribution >= 4 is 22.9 Å². The Morgan fingerprint density at radius 2 is 2.14 bits per heavy atom. The van der Waals surface area contributed by atoms with Crippen LogP contribution < -0.4 is 11.1 Å². The molecule has 21 heavy (non-hydrogen) atoms. The van der Waals surface area contributed by atoms with Crippen molar-refractivity contribution in [1.82, 2.24) is 4.98 Å². The van der Waals surface area contributed by atoms with Gasteiger partial charge in [0, 0.05) is 5.38 Å². The highest BCUT2D eigenvalue weighted by Gasteiger charge is 2.16. The third-order valence-electron chi connectivity index (χ3n) is 3.09. The molecular weight excluding hydrogens is 286 g/mol. The second kappa shape index (κ2) is 6.69. The molecule has 0 saturated carbocycles. The summed E-state index contributed by atoms with van der Waals surface area (Å²) in [5.74, 6) is 0.136. The van der Waals surface area contributed by atoms with E-state index in [-0.39, 0.29) is 24.1 Å². The maximum Gasteiger partial charge on any atom is 0.230 e. The molecule has 2 aromatic rings. The Kier molecular flexibility index (Phi) is 4.93. The first kappa shape index (κ1) is 15.5. The van der Waals surface area contributed by atoms with E-state index in [0.717, 1.165) is 5.01 Å². The van der Waals surface area contributed by atoms with Crippen molar-refractivity contribution in [3.05, 3.63) is 40.3 Å². The number of nitrogens with zero attached hydrogens (tertiary/aromatic N) is 1. The van der Waals surface area contributed by atoms with Crippen LogP contribution in [0.5, 0.6) is 5.75 Å². The molecule has 1 unspecified atom stereocenters. The van der Waals surface area contributed by atoms with E-state index in [9.17, 15) is 9.90 Å². The summed E-state index contributed by atoms with van der Waals surface area (Å²) in [5, 5.41) is 15.0. The van der Waals surface area contributed by atoms with E-state index < -0.39 is 0 Å². The number of carbonyl (C=O) groups is 1. The minimum atomic E-state index is -0.216. The van der Waals surface area contributed by atoms with Crippen molar-refractivity contribution in [2.45, 2.75) is 26.3 Å². The molecule has 2 rings (SSSR count). The third-order valence-corrected chi connectivity index (χ3v) is 4.09. The molecule has 4 N–H and O–H groups in total. The molecule has 0 saturated heterocycles. The van der Waals surface area contributed by atoms with E-state index in [4.69, 9.17) is 5.73 Å². The average molecular weight is 305 g/mol. The first-order valence-electron chi connectivity index (χ1n) is 6.75. The quantitative estimate of drug-likeness (QED) is 0.741. The van der Waals surface area contributed by atoms with E-state index >= 15 is 0 Å². The number of aromatic hydroxyl groups is 1. The Morgan fingerprint density at radius 1 is 1.43 bits per heavy atom. The molecule has 0 fully saturated rings. The Bertz CT molecular complexity index is 625. The van der Waals surface area contributed by atoms with Gasteiger partial charge in [0.1, 0.15) is 10.8 Å². The topological polar surface area (TPSA) is 88.2 Å². The van der Waals surface area contributed by atoms with Gasteiger partial charge in [-0.3, -0.25) is 4.79 Å². The molecule has 1 heterocycles. The van der Waals surface area contributed by atoms with Gasteiger partial charge in [0.15, 0.2) is 0 Å². The lowest BCUT2D eigenvalue weighted by atomic mass is 10.1. The lowest BCUT2D eigenvalue weighted by molar-refractivity contribution is -0.115. The Hall–Kier alpha value is -1.92. The van der Waals surface area contributed by atoms with Crippen molar-refractivity contribution in [2.24, 2.45) is 11.7 Å². The normalized spacial score (nSPS) is 12.4. The second-order valence-electron chi connectivity index (χ2n) is 5.19. The van der Waals surface area contributed by atoms with Crippen LogP contribution in [-0.2, 0) is 11.2 Å². The van der Waals surface area contributed by atoms with Crippen molar-refractivity contribution in [3.8, 4) is 5.75 Å². The standard InChI is InChI=1S/C15H19N3O2S/c1-9(2)14(16)15-17-10(8-21-15)7-13(20)18-11-5-3-4-6-12(11)19/h3-6,8-9,14,19H,7,16H2,1-2H3,(H,18,20). The summed E-state index contributed by atoms with van der Waals surface area (Å²) in [6.07, 6.45) is 0.162. The van der Waals surface area contributed by atoms with Crippen LogP contribution in [0.4, 0.5) is 5.69 Å². The van der Waals surface area contributed by atoms with Crippen molar-refractivity contribution < 1.29 is 9.90 Å². The summed E-state index contributed by atoms with van der Waals surface area (Å²) in [4.78, 5) is 16.4. The molecule has 5 nitrogen and oxygen atoms in total. The smallest absolute Gasteiger partial charge is 0.230 e. The number of phenols is 1. The zero-order valence-electron chi connectivity index (χ0n) is 12.0. The number of carbonyl (C=O) groups excluding carboxylic acids is 1. The molecule has 0 aliphatic rings. The molecular formula is C15H19N3O2S. The predicted molar refractivity (Wildman–Crippen MR) is 84.3 cm³/mol. The number of para-hydroxylation sites is 2. The summed E-state index contributed by atoms with van der Waals surface area (Å²) < 4.78 is 0. The monoisotopic (exact) mass is 305 g/mol. The van der Waals surface area contributed by atoms with E-state index in [1.54, 1.807) is 18.2 Å². The van der Waals surface area contributed by atoms with Gasteiger partial charge in [-0.15, -0.1) is 11.3 Å². The number of nitrogens with one attached hydrogen (secondary N) is 1. The van der Waals surface area contributed by atoms with Gasteiger partial charge in [0.2, 0.25) is 5.91 Å². The summed E-state index contributed by atoms with van der Waals surface area (Å²) >= 11 is 1.47. The fraction of sp³-hybridized carbons (Fsp3) is 0.333.